The summed E-state index contributed by atoms with van der Waals surface area (Å²) < 4.78 is 33.2. The summed E-state index contributed by atoms with van der Waals surface area (Å²) in [5.41, 5.74) is 5.41. The van der Waals surface area contributed by atoms with Gasteiger partial charge in [-0.25, -0.2) is 4.57 Å². The molecule has 10 heteroatoms. The number of unbranched alkanes of at least 4 members (excludes halogenated alkanes) is 49. The molecule has 2 unspecified atom stereocenters. The summed E-state index contributed by atoms with van der Waals surface area (Å²) in [6.07, 6.45) is 100. The van der Waals surface area contributed by atoms with Crippen LogP contribution in [0.4, 0.5) is 0 Å². The first-order valence-corrected chi connectivity index (χ1v) is 40.4. The van der Waals surface area contributed by atoms with Crippen LogP contribution in [0.5, 0.6) is 0 Å². The second-order valence-corrected chi connectivity index (χ2v) is 27.7. The minimum Gasteiger partial charge on any atom is -0.462 e. The molecule has 9 nitrogen and oxygen atoms in total. The van der Waals surface area contributed by atoms with Gasteiger partial charge in [0.15, 0.2) is 6.10 Å². The second-order valence-electron chi connectivity index (χ2n) is 26.2. The minimum atomic E-state index is -4.40. The van der Waals surface area contributed by atoms with Crippen molar-refractivity contribution < 1.29 is 37.6 Å². The summed E-state index contributed by atoms with van der Waals surface area (Å²) in [6.45, 7) is 3.69. The van der Waals surface area contributed by atoms with E-state index in [0.717, 1.165) is 83.5 Å². The van der Waals surface area contributed by atoms with Crippen molar-refractivity contribution in [3.05, 3.63) is 72.9 Å². The van der Waals surface area contributed by atoms with Crippen LogP contribution in [0.1, 0.15) is 393 Å². The van der Waals surface area contributed by atoms with Crippen molar-refractivity contribution in [3.8, 4) is 0 Å². The Labute approximate surface area is 558 Å². The molecule has 0 saturated heterocycles. The Bertz CT molecular complexity index is 1710. The lowest BCUT2D eigenvalue weighted by molar-refractivity contribution is -0.161. The van der Waals surface area contributed by atoms with Gasteiger partial charge < -0.3 is 20.1 Å². The highest BCUT2D eigenvalue weighted by molar-refractivity contribution is 7.47. The molecule has 0 rings (SSSR count). The number of phosphoric acid groups is 1. The van der Waals surface area contributed by atoms with Crippen molar-refractivity contribution in [1.82, 2.24) is 0 Å². The normalized spacial score (nSPS) is 13.2. The molecule has 0 aromatic heterocycles. The number of hydrogen-bond donors (Lipinski definition) is 2. The molecule has 0 saturated carbocycles. The summed E-state index contributed by atoms with van der Waals surface area (Å²) in [5, 5.41) is 0. The fraction of sp³-hybridized carbons (Fsp3) is 0.825. The fourth-order valence-electron chi connectivity index (χ4n) is 11.6. The number of rotatable bonds is 74. The van der Waals surface area contributed by atoms with Crippen molar-refractivity contribution in [2.45, 2.75) is 399 Å². The third-order valence-corrected chi connectivity index (χ3v) is 18.3. The second kappa shape index (κ2) is 75.5. The van der Waals surface area contributed by atoms with Gasteiger partial charge in [-0.05, 0) is 64.2 Å². The standard InChI is InChI=1S/C80H148NO8P/c1-3-5-7-9-11-13-15-17-19-21-23-25-27-29-31-33-34-35-36-37-38-39-40-41-42-43-45-46-48-50-52-54-56-58-60-62-64-66-68-70-72-79(82)86-76-78(77-88-90(84,85)87-75-74-81)89-80(83)73-71-69-67-65-63-61-59-57-55-53-51-49-47-44-32-30-28-26-24-22-20-18-16-14-12-10-8-6-4-2/h6,8,12,14,18,20,24,26,30,32,47,49,78H,3-5,7,9-11,13,15-17,19,21-23,25,27-29,31,33-46,48,50-77,81H2,1-2H3,(H,84,85)/b8-6-,14-12-,20-18-,26-24-,32-30-,49-47-. The Balaban J connectivity index is 3.77. The first-order chi connectivity index (χ1) is 44.3. The highest BCUT2D eigenvalue weighted by Gasteiger charge is 2.26. The van der Waals surface area contributed by atoms with E-state index in [4.69, 9.17) is 24.3 Å². The van der Waals surface area contributed by atoms with Crippen molar-refractivity contribution in [3.63, 3.8) is 0 Å². The van der Waals surface area contributed by atoms with Gasteiger partial charge in [0.2, 0.25) is 0 Å². The lowest BCUT2D eigenvalue weighted by Gasteiger charge is -2.19. The van der Waals surface area contributed by atoms with Crippen LogP contribution < -0.4 is 5.73 Å². The monoisotopic (exact) mass is 1280 g/mol. The topological polar surface area (TPSA) is 134 Å². The molecule has 0 fully saturated rings. The third kappa shape index (κ3) is 74.5. The average Bonchev–Trinajstić information content (AvgIpc) is 3.75. The Hall–Kier alpha value is -2.55. The zero-order valence-corrected chi connectivity index (χ0v) is 60.3. The smallest absolute Gasteiger partial charge is 0.462 e. The fourth-order valence-corrected chi connectivity index (χ4v) is 12.4. The van der Waals surface area contributed by atoms with E-state index in [9.17, 15) is 19.0 Å². The Morgan fingerprint density at radius 1 is 0.344 bits per heavy atom. The van der Waals surface area contributed by atoms with E-state index in [2.05, 4.69) is 86.8 Å². The SMILES string of the molecule is CC/C=C\C/C=C\C/C=C\C/C=C\C/C=C\C/C=C\CCCCCCCCCCCCC(=O)OC(COC(=O)CCCCCCCCCCCCCCCCCCCCCCCCCCCCCCCCCCCCCCCCCC)COP(=O)(O)OCCN. The number of ether oxygens (including phenoxy) is 2. The Kier molecular flexibility index (Phi) is 73.3. The molecule has 0 spiro atoms. The number of carbonyl (C=O) groups is 2. The van der Waals surface area contributed by atoms with Gasteiger partial charge in [-0.2, -0.15) is 0 Å². The highest BCUT2D eigenvalue weighted by atomic mass is 31.2. The van der Waals surface area contributed by atoms with E-state index in [1.807, 2.05) is 0 Å². The molecule has 2 atom stereocenters. The van der Waals surface area contributed by atoms with Gasteiger partial charge in [0.25, 0.3) is 0 Å². The van der Waals surface area contributed by atoms with Gasteiger partial charge in [0.05, 0.1) is 13.2 Å². The molecule has 0 aromatic rings. The maximum Gasteiger partial charge on any atom is 0.472 e. The predicted molar refractivity (Wildman–Crippen MR) is 390 cm³/mol. The summed E-state index contributed by atoms with van der Waals surface area (Å²) >= 11 is 0. The summed E-state index contributed by atoms with van der Waals surface area (Å²) in [4.78, 5) is 35.4. The van der Waals surface area contributed by atoms with Crippen LogP contribution in [0.2, 0.25) is 0 Å². The molecule has 90 heavy (non-hydrogen) atoms. The van der Waals surface area contributed by atoms with Crippen LogP contribution >= 0.6 is 7.82 Å². The van der Waals surface area contributed by atoms with Crippen molar-refractivity contribution in [2.24, 2.45) is 5.73 Å². The zero-order chi connectivity index (χ0) is 65.1. The highest BCUT2D eigenvalue weighted by Crippen LogP contribution is 2.43. The molecule has 0 bridgehead atoms. The number of esters is 2. The third-order valence-electron chi connectivity index (χ3n) is 17.4. The van der Waals surface area contributed by atoms with E-state index in [-0.39, 0.29) is 38.6 Å². The number of hydrogen-bond acceptors (Lipinski definition) is 8. The maximum atomic E-state index is 12.8. The average molecular weight is 1280 g/mol. The molecule has 0 aliphatic rings. The van der Waals surface area contributed by atoms with E-state index < -0.39 is 26.5 Å². The van der Waals surface area contributed by atoms with Crippen LogP contribution in [-0.2, 0) is 32.7 Å². The number of carbonyl (C=O) groups excluding carboxylic acids is 2. The Morgan fingerprint density at radius 2 is 0.611 bits per heavy atom. The quantitative estimate of drug-likeness (QED) is 0.0264. The molecule has 0 aliphatic heterocycles. The summed E-state index contributed by atoms with van der Waals surface area (Å²) in [6, 6.07) is 0. The maximum absolute atomic E-state index is 12.8. The van der Waals surface area contributed by atoms with Gasteiger partial charge >= 0.3 is 19.8 Å². The predicted octanol–water partition coefficient (Wildman–Crippen LogP) is 25.9. The largest absolute Gasteiger partial charge is 0.472 e. The van der Waals surface area contributed by atoms with Crippen molar-refractivity contribution >= 4 is 19.8 Å². The van der Waals surface area contributed by atoms with E-state index in [1.165, 1.54) is 276 Å². The lowest BCUT2D eigenvalue weighted by atomic mass is 10.0. The number of allylic oxidation sites excluding steroid dienone is 12. The number of nitrogens with two attached hydrogens (primary N) is 1. The van der Waals surface area contributed by atoms with Gasteiger partial charge in [-0.1, -0.05) is 389 Å². The molecule has 0 heterocycles. The van der Waals surface area contributed by atoms with E-state index in [0.29, 0.717) is 6.42 Å². The first kappa shape index (κ1) is 87.5. The molecule has 3 N–H and O–H groups in total. The molecule has 0 aromatic carbocycles. The number of phosphoric ester groups is 1. The van der Waals surface area contributed by atoms with Crippen LogP contribution in [0.15, 0.2) is 72.9 Å². The van der Waals surface area contributed by atoms with Crippen molar-refractivity contribution in [2.75, 3.05) is 26.4 Å². The van der Waals surface area contributed by atoms with Crippen LogP contribution in [0.3, 0.4) is 0 Å². The summed E-state index contributed by atoms with van der Waals surface area (Å²) in [7, 11) is -4.40. The van der Waals surface area contributed by atoms with Crippen molar-refractivity contribution in [1.29, 1.82) is 0 Å². The van der Waals surface area contributed by atoms with Gasteiger partial charge in [-0.15, -0.1) is 0 Å². The van der Waals surface area contributed by atoms with Crippen LogP contribution in [0, 0.1) is 0 Å². The molecule has 0 radical (unpaired) electrons. The minimum absolute atomic E-state index is 0.0517. The van der Waals surface area contributed by atoms with Gasteiger partial charge in [0, 0.05) is 19.4 Å². The van der Waals surface area contributed by atoms with E-state index >= 15 is 0 Å². The van der Waals surface area contributed by atoms with Gasteiger partial charge in [-0.3, -0.25) is 18.6 Å². The molecular formula is C80H148NO8P. The summed E-state index contributed by atoms with van der Waals surface area (Å²) in [5.74, 6) is -0.818. The van der Waals surface area contributed by atoms with Gasteiger partial charge in [0.1, 0.15) is 6.61 Å². The molecule has 526 valence electrons. The van der Waals surface area contributed by atoms with Crippen LogP contribution in [0.25, 0.3) is 0 Å². The Morgan fingerprint density at radius 3 is 0.911 bits per heavy atom. The molecule has 0 aliphatic carbocycles. The zero-order valence-electron chi connectivity index (χ0n) is 59.4. The molecule has 0 amide bonds. The first-order valence-electron chi connectivity index (χ1n) is 38.9. The lowest BCUT2D eigenvalue weighted by Crippen LogP contribution is -2.29. The molecular weight excluding hydrogens is 1130 g/mol. The van der Waals surface area contributed by atoms with E-state index in [1.54, 1.807) is 0 Å². The van der Waals surface area contributed by atoms with Crippen LogP contribution in [-0.4, -0.2) is 49.3 Å².